The van der Waals surface area contributed by atoms with Gasteiger partial charge >= 0.3 is 0 Å². The van der Waals surface area contributed by atoms with E-state index in [1.54, 1.807) is 6.07 Å². The molecule has 2 N–H and O–H groups in total. The summed E-state index contributed by atoms with van der Waals surface area (Å²) in [6, 6.07) is 4.70. The summed E-state index contributed by atoms with van der Waals surface area (Å²) in [4.78, 5) is 29.1. The molecule has 2 fully saturated rings. The highest BCUT2D eigenvalue weighted by Crippen LogP contribution is 2.42. The number of H-pyrrole nitrogens is 1. The lowest BCUT2D eigenvalue weighted by Crippen LogP contribution is -2.47. The van der Waals surface area contributed by atoms with Gasteiger partial charge in [-0.1, -0.05) is 24.3 Å². The SMILES string of the molecule is O=C1NC(=O)C2(CCCN3CCN(c4n[nH]c5cc(F)ccc45)CC3)C=CC=CC12. The molecule has 0 radical (unpaired) electrons. The molecule has 1 aliphatic carbocycles. The predicted molar refractivity (Wildman–Crippen MR) is 111 cm³/mol. The monoisotopic (exact) mass is 409 g/mol. The van der Waals surface area contributed by atoms with Gasteiger partial charge in [0.15, 0.2) is 5.82 Å². The number of hydrogen-bond acceptors (Lipinski definition) is 5. The first-order valence-electron chi connectivity index (χ1n) is 10.4. The number of allylic oxidation sites excluding steroid dienone is 2. The van der Waals surface area contributed by atoms with E-state index in [2.05, 4.69) is 25.3 Å². The highest BCUT2D eigenvalue weighted by Gasteiger charge is 2.52. The van der Waals surface area contributed by atoms with Crippen molar-refractivity contribution in [3.63, 3.8) is 0 Å². The fourth-order valence-corrected chi connectivity index (χ4v) is 4.87. The molecule has 156 valence electrons. The van der Waals surface area contributed by atoms with Gasteiger partial charge in [-0.05, 0) is 37.6 Å². The van der Waals surface area contributed by atoms with Gasteiger partial charge in [-0.3, -0.25) is 24.9 Å². The third kappa shape index (κ3) is 3.11. The lowest BCUT2D eigenvalue weighted by molar-refractivity contribution is -0.127. The number of nitrogens with one attached hydrogen (secondary N) is 2. The zero-order chi connectivity index (χ0) is 20.7. The number of halogens is 1. The molecule has 2 aliphatic heterocycles. The van der Waals surface area contributed by atoms with Crippen LogP contribution in [0.15, 0.2) is 42.5 Å². The lowest BCUT2D eigenvalue weighted by atomic mass is 9.71. The van der Waals surface area contributed by atoms with Crippen LogP contribution in [-0.2, 0) is 9.59 Å². The summed E-state index contributed by atoms with van der Waals surface area (Å²) in [6.45, 7) is 4.35. The number of imide groups is 1. The zero-order valence-corrected chi connectivity index (χ0v) is 16.6. The number of fused-ring (bicyclic) bond motifs is 2. The summed E-state index contributed by atoms with van der Waals surface area (Å²) in [6.07, 6.45) is 8.94. The third-order valence-electron chi connectivity index (χ3n) is 6.55. The second-order valence-corrected chi connectivity index (χ2v) is 8.25. The summed E-state index contributed by atoms with van der Waals surface area (Å²) >= 11 is 0. The molecule has 7 nitrogen and oxygen atoms in total. The van der Waals surface area contributed by atoms with Gasteiger partial charge in [-0.2, -0.15) is 5.10 Å². The molecule has 2 atom stereocenters. The van der Waals surface area contributed by atoms with Crippen LogP contribution >= 0.6 is 0 Å². The van der Waals surface area contributed by atoms with Crippen molar-refractivity contribution in [2.45, 2.75) is 12.8 Å². The Morgan fingerprint density at radius 3 is 2.83 bits per heavy atom. The van der Waals surface area contributed by atoms with Gasteiger partial charge in [0.1, 0.15) is 5.82 Å². The van der Waals surface area contributed by atoms with E-state index >= 15 is 0 Å². The minimum atomic E-state index is -0.725. The highest BCUT2D eigenvalue weighted by molar-refractivity contribution is 6.09. The minimum absolute atomic E-state index is 0.176. The van der Waals surface area contributed by atoms with Gasteiger partial charge in [-0.25, -0.2) is 4.39 Å². The van der Waals surface area contributed by atoms with Crippen molar-refractivity contribution >= 4 is 28.5 Å². The molecule has 0 saturated carbocycles. The normalized spacial score (nSPS) is 26.4. The van der Waals surface area contributed by atoms with E-state index in [0.717, 1.165) is 50.3 Å². The maximum Gasteiger partial charge on any atom is 0.237 e. The first kappa shape index (κ1) is 19.0. The van der Waals surface area contributed by atoms with E-state index in [-0.39, 0.29) is 23.5 Å². The van der Waals surface area contributed by atoms with Gasteiger partial charge in [0.2, 0.25) is 11.8 Å². The molecule has 2 aromatic rings. The highest BCUT2D eigenvalue weighted by atomic mass is 19.1. The molecule has 5 rings (SSSR count). The number of rotatable bonds is 5. The zero-order valence-electron chi connectivity index (χ0n) is 16.6. The molecular weight excluding hydrogens is 385 g/mol. The number of aromatic amines is 1. The number of nitrogens with zero attached hydrogens (tertiary/aromatic N) is 3. The number of piperazine rings is 1. The average molecular weight is 409 g/mol. The van der Waals surface area contributed by atoms with E-state index in [1.165, 1.54) is 12.1 Å². The molecular formula is C22H24FN5O2. The molecule has 3 aliphatic rings. The van der Waals surface area contributed by atoms with Crippen LogP contribution in [0, 0.1) is 17.2 Å². The van der Waals surface area contributed by atoms with Gasteiger partial charge in [0.05, 0.1) is 16.8 Å². The number of aromatic nitrogens is 2. The Morgan fingerprint density at radius 2 is 2.00 bits per heavy atom. The second kappa shape index (κ2) is 7.36. The van der Waals surface area contributed by atoms with Crippen LogP contribution in [-0.4, -0.2) is 59.6 Å². The van der Waals surface area contributed by atoms with Gasteiger partial charge in [-0.15, -0.1) is 0 Å². The van der Waals surface area contributed by atoms with E-state index in [0.29, 0.717) is 11.9 Å². The summed E-state index contributed by atoms with van der Waals surface area (Å²) in [5, 5.41) is 10.7. The molecule has 1 aromatic carbocycles. The van der Waals surface area contributed by atoms with E-state index < -0.39 is 5.41 Å². The van der Waals surface area contributed by atoms with Crippen molar-refractivity contribution in [2.75, 3.05) is 37.6 Å². The van der Waals surface area contributed by atoms with Crippen LogP contribution in [0.2, 0.25) is 0 Å². The quantitative estimate of drug-likeness (QED) is 0.739. The van der Waals surface area contributed by atoms with E-state index in [1.807, 2.05) is 24.3 Å². The standard InChI is InChI=1S/C22H24FN5O2/c23-15-5-6-16-18(14-15)25-26-19(16)28-12-10-27(11-13-28)9-3-8-22-7-2-1-4-17(22)20(29)24-21(22)30/h1-2,4-7,14,17H,3,8-13H2,(H,25,26)(H,24,29,30). The number of carbonyl (C=O) groups excluding carboxylic acids is 2. The first-order valence-corrected chi connectivity index (χ1v) is 10.4. The summed E-state index contributed by atoms with van der Waals surface area (Å²) in [5.41, 5.74) is -0.0168. The van der Waals surface area contributed by atoms with Crippen molar-refractivity contribution in [3.05, 3.63) is 48.3 Å². The Kier molecular flexibility index (Phi) is 4.66. The first-order chi connectivity index (χ1) is 14.6. The van der Waals surface area contributed by atoms with E-state index in [4.69, 9.17) is 0 Å². The maximum absolute atomic E-state index is 13.4. The largest absolute Gasteiger partial charge is 0.352 e. The third-order valence-corrected chi connectivity index (χ3v) is 6.55. The summed E-state index contributed by atoms with van der Waals surface area (Å²) < 4.78 is 13.4. The number of hydrogen-bond donors (Lipinski definition) is 2. The number of anilines is 1. The number of amides is 2. The van der Waals surface area contributed by atoms with Gasteiger partial charge in [0.25, 0.3) is 0 Å². The van der Waals surface area contributed by atoms with Gasteiger partial charge in [0, 0.05) is 31.6 Å². The van der Waals surface area contributed by atoms with Crippen molar-refractivity contribution in [1.82, 2.24) is 20.4 Å². The van der Waals surface area contributed by atoms with Crippen LogP contribution < -0.4 is 10.2 Å². The topological polar surface area (TPSA) is 81.3 Å². The molecule has 8 heteroatoms. The van der Waals surface area contributed by atoms with Crippen LogP contribution in [0.25, 0.3) is 10.9 Å². The van der Waals surface area contributed by atoms with Gasteiger partial charge < -0.3 is 4.90 Å². The van der Waals surface area contributed by atoms with Crippen LogP contribution in [0.5, 0.6) is 0 Å². The molecule has 2 unspecified atom stereocenters. The molecule has 30 heavy (non-hydrogen) atoms. The molecule has 2 saturated heterocycles. The van der Waals surface area contributed by atoms with E-state index in [9.17, 15) is 14.0 Å². The molecule has 1 aromatic heterocycles. The Bertz CT molecular complexity index is 1050. The van der Waals surface area contributed by atoms with Crippen LogP contribution in [0.3, 0.4) is 0 Å². The molecule has 0 bridgehead atoms. The maximum atomic E-state index is 13.4. The Hall–Kier alpha value is -3.00. The Morgan fingerprint density at radius 1 is 1.17 bits per heavy atom. The summed E-state index contributed by atoms with van der Waals surface area (Å²) in [7, 11) is 0. The molecule has 0 spiro atoms. The Labute approximate surface area is 173 Å². The van der Waals surface area contributed by atoms with Crippen molar-refractivity contribution in [1.29, 1.82) is 0 Å². The van der Waals surface area contributed by atoms with Crippen molar-refractivity contribution < 1.29 is 14.0 Å². The number of benzene rings is 1. The Balaban J connectivity index is 1.17. The molecule has 3 heterocycles. The fourth-order valence-electron chi connectivity index (χ4n) is 4.87. The predicted octanol–water partition coefficient (Wildman–Crippen LogP) is 1.99. The van der Waals surface area contributed by atoms with Crippen LogP contribution in [0.1, 0.15) is 12.8 Å². The second-order valence-electron chi connectivity index (χ2n) is 8.25. The van der Waals surface area contributed by atoms with Crippen molar-refractivity contribution in [2.24, 2.45) is 11.3 Å². The number of carbonyl (C=O) groups is 2. The van der Waals surface area contributed by atoms with Crippen LogP contribution in [0.4, 0.5) is 10.2 Å². The lowest BCUT2D eigenvalue weighted by Gasteiger charge is -2.36. The molecule has 2 amide bonds. The van der Waals surface area contributed by atoms with Crippen molar-refractivity contribution in [3.8, 4) is 0 Å². The fraction of sp³-hybridized carbons (Fsp3) is 0.409. The average Bonchev–Trinajstić information content (AvgIpc) is 3.27. The summed E-state index contributed by atoms with van der Waals surface area (Å²) in [5.74, 6) is -0.161. The minimum Gasteiger partial charge on any atom is -0.352 e. The smallest absolute Gasteiger partial charge is 0.237 e.